The maximum absolute atomic E-state index is 11.2. The van der Waals surface area contributed by atoms with E-state index >= 15 is 0 Å². The Labute approximate surface area is 114 Å². The minimum Gasteiger partial charge on any atom is -0.488 e. The van der Waals surface area contributed by atoms with Crippen molar-refractivity contribution in [3.05, 3.63) is 29.8 Å². The van der Waals surface area contributed by atoms with Crippen molar-refractivity contribution < 1.29 is 14.3 Å². The van der Waals surface area contributed by atoms with Crippen LogP contribution < -0.4 is 10.5 Å². The van der Waals surface area contributed by atoms with Gasteiger partial charge in [0.25, 0.3) is 0 Å². The molecule has 0 unspecified atom stereocenters. The van der Waals surface area contributed by atoms with Crippen LogP contribution in [0.5, 0.6) is 5.75 Å². The van der Waals surface area contributed by atoms with Crippen LogP contribution in [0.25, 0.3) is 0 Å². The SMILES string of the molecule is COC(=O)[C@@H](N)c1ccc(OC(C)(C)C)cc1.Cl. The van der Waals surface area contributed by atoms with Crippen LogP contribution in [0, 0.1) is 0 Å². The molecule has 0 heterocycles. The van der Waals surface area contributed by atoms with Crippen LogP contribution >= 0.6 is 12.4 Å². The molecule has 0 amide bonds. The van der Waals surface area contributed by atoms with Crippen molar-refractivity contribution in [1.29, 1.82) is 0 Å². The van der Waals surface area contributed by atoms with Crippen molar-refractivity contribution in [1.82, 2.24) is 0 Å². The first-order valence-corrected chi connectivity index (χ1v) is 5.46. The summed E-state index contributed by atoms with van der Waals surface area (Å²) in [7, 11) is 1.32. The molecule has 0 radical (unpaired) electrons. The van der Waals surface area contributed by atoms with Crippen molar-refractivity contribution >= 4 is 18.4 Å². The Bertz CT molecular complexity index is 384. The number of carbonyl (C=O) groups excluding carboxylic acids is 1. The molecule has 1 rings (SSSR count). The van der Waals surface area contributed by atoms with E-state index in [1.807, 2.05) is 20.8 Å². The molecule has 0 aliphatic heterocycles. The van der Waals surface area contributed by atoms with E-state index < -0.39 is 12.0 Å². The number of methoxy groups -OCH3 is 1. The Morgan fingerprint density at radius 3 is 2.11 bits per heavy atom. The van der Waals surface area contributed by atoms with Gasteiger partial charge in [-0.1, -0.05) is 12.1 Å². The van der Waals surface area contributed by atoms with Crippen LogP contribution in [-0.2, 0) is 9.53 Å². The van der Waals surface area contributed by atoms with Crippen molar-refractivity contribution in [2.45, 2.75) is 32.4 Å². The number of nitrogens with two attached hydrogens (primary N) is 1. The van der Waals surface area contributed by atoms with Crippen LogP contribution in [0.1, 0.15) is 32.4 Å². The highest BCUT2D eigenvalue weighted by molar-refractivity contribution is 5.85. The smallest absolute Gasteiger partial charge is 0.327 e. The molecule has 0 fully saturated rings. The van der Waals surface area contributed by atoms with Gasteiger partial charge >= 0.3 is 5.97 Å². The fraction of sp³-hybridized carbons (Fsp3) is 0.462. The quantitative estimate of drug-likeness (QED) is 0.860. The van der Waals surface area contributed by atoms with E-state index in [1.165, 1.54) is 7.11 Å². The molecule has 0 saturated carbocycles. The first-order valence-electron chi connectivity index (χ1n) is 5.46. The number of ether oxygens (including phenoxy) is 2. The zero-order valence-electron chi connectivity index (χ0n) is 11.1. The van der Waals surface area contributed by atoms with E-state index in [4.69, 9.17) is 10.5 Å². The number of esters is 1. The molecule has 0 aliphatic rings. The molecular formula is C13H20ClNO3. The van der Waals surface area contributed by atoms with Crippen LogP contribution in [-0.4, -0.2) is 18.7 Å². The summed E-state index contributed by atoms with van der Waals surface area (Å²) in [5.74, 6) is 0.299. The first-order chi connectivity index (χ1) is 7.83. The monoisotopic (exact) mass is 273 g/mol. The summed E-state index contributed by atoms with van der Waals surface area (Å²) in [4.78, 5) is 11.2. The van der Waals surface area contributed by atoms with Gasteiger partial charge in [-0.3, -0.25) is 4.79 Å². The third-order valence-electron chi connectivity index (χ3n) is 2.12. The van der Waals surface area contributed by atoms with Crippen LogP contribution in [0.4, 0.5) is 0 Å². The number of rotatable bonds is 3. The average molecular weight is 274 g/mol. The molecule has 2 N–H and O–H groups in total. The first kappa shape index (κ1) is 16.7. The second kappa shape index (κ2) is 6.61. The van der Waals surface area contributed by atoms with E-state index in [0.29, 0.717) is 5.56 Å². The Morgan fingerprint density at radius 1 is 1.22 bits per heavy atom. The highest BCUT2D eigenvalue weighted by Crippen LogP contribution is 2.21. The molecule has 1 atom stereocenters. The maximum atomic E-state index is 11.2. The van der Waals surface area contributed by atoms with Gasteiger partial charge in [0.15, 0.2) is 0 Å². The standard InChI is InChI=1S/C13H19NO3.ClH/c1-13(2,3)17-10-7-5-9(6-8-10)11(14)12(15)16-4;/h5-8,11H,14H2,1-4H3;1H/t11-;/m0./s1. The highest BCUT2D eigenvalue weighted by atomic mass is 35.5. The second-order valence-electron chi connectivity index (χ2n) is 4.78. The van der Waals surface area contributed by atoms with E-state index in [2.05, 4.69) is 4.74 Å². The molecule has 4 nitrogen and oxygen atoms in total. The van der Waals surface area contributed by atoms with Gasteiger partial charge < -0.3 is 15.2 Å². The molecule has 5 heteroatoms. The lowest BCUT2D eigenvalue weighted by molar-refractivity contribution is -0.142. The Hall–Kier alpha value is -1.26. The Balaban J connectivity index is 0.00000289. The van der Waals surface area contributed by atoms with Gasteiger partial charge in [-0.25, -0.2) is 0 Å². The van der Waals surface area contributed by atoms with Gasteiger partial charge in [0.05, 0.1) is 7.11 Å². The summed E-state index contributed by atoms with van der Waals surface area (Å²) in [6, 6.07) is 6.38. The number of hydrogen-bond acceptors (Lipinski definition) is 4. The van der Waals surface area contributed by atoms with Gasteiger partial charge in [0.2, 0.25) is 0 Å². The highest BCUT2D eigenvalue weighted by Gasteiger charge is 2.17. The molecule has 18 heavy (non-hydrogen) atoms. The number of carbonyl (C=O) groups is 1. The summed E-state index contributed by atoms with van der Waals surface area (Å²) >= 11 is 0. The minimum atomic E-state index is -0.747. The minimum absolute atomic E-state index is 0. The molecular weight excluding hydrogens is 254 g/mol. The molecule has 102 valence electrons. The van der Waals surface area contributed by atoms with Crippen molar-refractivity contribution in [2.75, 3.05) is 7.11 Å². The Kier molecular flexibility index (Phi) is 6.15. The molecule has 0 saturated heterocycles. The predicted molar refractivity (Wildman–Crippen MR) is 73.0 cm³/mol. The maximum Gasteiger partial charge on any atom is 0.327 e. The van der Waals surface area contributed by atoms with Crippen molar-refractivity contribution in [3.63, 3.8) is 0 Å². The predicted octanol–water partition coefficient (Wildman–Crippen LogP) is 2.46. The van der Waals surface area contributed by atoms with Crippen LogP contribution in [0.2, 0.25) is 0 Å². The lowest BCUT2D eigenvalue weighted by Crippen LogP contribution is -2.24. The summed E-state index contributed by atoms with van der Waals surface area (Å²) in [5.41, 5.74) is 6.17. The van der Waals surface area contributed by atoms with E-state index in [-0.39, 0.29) is 18.0 Å². The lowest BCUT2D eigenvalue weighted by Gasteiger charge is -2.21. The molecule has 0 spiro atoms. The summed E-state index contributed by atoms with van der Waals surface area (Å²) in [5, 5.41) is 0. The summed E-state index contributed by atoms with van der Waals surface area (Å²) in [6.07, 6.45) is 0. The van der Waals surface area contributed by atoms with Crippen molar-refractivity contribution in [2.24, 2.45) is 5.73 Å². The second-order valence-corrected chi connectivity index (χ2v) is 4.78. The van der Waals surface area contributed by atoms with Gasteiger partial charge in [0, 0.05) is 0 Å². The number of benzene rings is 1. The zero-order chi connectivity index (χ0) is 13.1. The lowest BCUT2D eigenvalue weighted by atomic mass is 10.1. The van der Waals surface area contributed by atoms with Gasteiger partial charge in [-0.15, -0.1) is 12.4 Å². The third-order valence-corrected chi connectivity index (χ3v) is 2.12. The van der Waals surface area contributed by atoms with Crippen LogP contribution in [0.15, 0.2) is 24.3 Å². The van der Waals surface area contributed by atoms with Gasteiger partial charge in [-0.2, -0.15) is 0 Å². The van der Waals surface area contributed by atoms with Gasteiger partial charge in [0.1, 0.15) is 17.4 Å². The molecule has 1 aromatic rings. The normalized spacial score (nSPS) is 12.3. The largest absolute Gasteiger partial charge is 0.488 e. The average Bonchev–Trinajstić information content (AvgIpc) is 2.26. The molecule has 0 bridgehead atoms. The van der Waals surface area contributed by atoms with Gasteiger partial charge in [-0.05, 0) is 38.5 Å². The van der Waals surface area contributed by atoms with Crippen molar-refractivity contribution in [3.8, 4) is 5.75 Å². The fourth-order valence-corrected chi connectivity index (χ4v) is 1.36. The van der Waals surface area contributed by atoms with E-state index in [0.717, 1.165) is 5.75 Å². The molecule has 0 aliphatic carbocycles. The van der Waals surface area contributed by atoms with E-state index in [9.17, 15) is 4.79 Å². The summed E-state index contributed by atoms with van der Waals surface area (Å²) < 4.78 is 10.2. The summed E-state index contributed by atoms with van der Waals surface area (Å²) in [6.45, 7) is 5.92. The van der Waals surface area contributed by atoms with E-state index in [1.54, 1.807) is 24.3 Å². The number of halogens is 1. The fourth-order valence-electron chi connectivity index (χ4n) is 1.36. The zero-order valence-corrected chi connectivity index (χ0v) is 11.9. The topological polar surface area (TPSA) is 61.5 Å². The molecule has 0 aromatic heterocycles. The Morgan fingerprint density at radius 2 is 1.72 bits per heavy atom. The van der Waals surface area contributed by atoms with Crippen LogP contribution in [0.3, 0.4) is 0 Å². The number of hydrogen-bond donors (Lipinski definition) is 1. The molecule has 1 aromatic carbocycles. The third kappa shape index (κ3) is 4.94.